The van der Waals surface area contributed by atoms with Crippen molar-refractivity contribution < 1.29 is 19.5 Å². The first-order valence-corrected chi connectivity index (χ1v) is 9.05. The van der Waals surface area contributed by atoms with Gasteiger partial charge < -0.3 is 20.2 Å². The van der Waals surface area contributed by atoms with E-state index >= 15 is 0 Å². The molecule has 1 fully saturated rings. The maximum atomic E-state index is 12.4. The number of para-hydroxylation sites is 1. The topological polar surface area (TPSA) is 90.0 Å². The summed E-state index contributed by atoms with van der Waals surface area (Å²) in [5.74, 6) is -0.798. The number of fused-ring (bicyclic) bond motifs is 1. The molecule has 1 saturated heterocycles. The molecule has 1 unspecified atom stereocenters. The van der Waals surface area contributed by atoms with E-state index in [1.807, 2.05) is 29.2 Å². The first kappa shape index (κ1) is 18.2. The highest BCUT2D eigenvalue weighted by molar-refractivity contribution is 5.95. The number of carboxylic acid groups (broad SMARTS) is 1. The molecule has 3 rings (SSSR count). The van der Waals surface area contributed by atoms with Crippen molar-refractivity contribution in [3.8, 4) is 0 Å². The third-order valence-electron chi connectivity index (χ3n) is 5.31. The lowest BCUT2D eigenvalue weighted by Gasteiger charge is -2.21. The maximum Gasteiger partial charge on any atom is 0.317 e. The minimum absolute atomic E-state index is 0.0730. The zero-order valence-electron chi connectivity index (χ0n) is 15.0. The molecule has 1 aromatic rings. The van der Waals surface area contributed by atoms with Crippen molar-refractivity contribution in [1.82, 2.24) is 10.2 Å². The second-order valence-corrected chi connectivity index (χ2v) is 7.30. The number of carbonyl (C=O) groups is 3. The summed E-state index contributed by atoms with van der Waals surface area (Å²) >= 11 is 0. The van der Waals surface area contributed by atoms with Crippen LogP contribution in [0.25, 0.3) is 0 Å². The quantitative estimate of drug-likeness (QED) is 0.785. The van der Waals surface area contributed by atoms with Gasteiger partial charge in [0.1, 0.15) is 0 Å². The molecule has 2 N–H and O–H groups in total. The first-order chi connectivity index (χ1) is 12.4. The third kappa shape index (κ3) is 3.66. The fourth-order valence-corrected chi connectivity index (χ4v) is 3.59. The van der Waals surface area contributed by atoms with Crippen molar-refractivity contribution in [3.05, 3.63) is 29.8 Å². The minimum atomic E-state index is -0.871. The Morgan fingerprint density at radius 1 is 1.23 bits per heavy atom. The largest absolute Gasteiger partial charge is 0.481 e. The zero-order chi connectivity index (χ0) is 18.7. The van der Waals surface area contributed by atoms with Crippen LogP contribution in [0.3, 0.4) is 0 Å². The van der Waals surface area contributed by atoms with Crippen molar-refractivity contribution >= 4 is 23.6 Å². The van der Waals surface area contributed by atoms with Gasteiger partial charge in [-0.1, -0.05) is 18.2 Å². The Balaban J connectivity index is 1.40. The predicted octanol–water partition coefficient (Wildman–Crippen LogP) is 1.86. The Labute approximate surface area is 153 Å². The molecule has 0 aromatic heterocycles. The number of aliphatic carboxylic acids is 1. The van der Waals surface area contributed by atoms with E-state index < -0.39 is 11.4 Å². The van der Waals surface area contributed by atoms with Gasteiger partial charge in [-0.25, -0.2) is 4.79 Å². The maximum absolute atomic E-state index is 12.4. The van der Waals surface area contributed by atoms with E-state index in [9.17, 15) is 19.5 Å². The molecule has 0 spiro atoms. The van der Waals surface area contributed by atoms with Gasteiger partial charge in [-0.15, -0.1) is 0 Å². The van der Waals surface area contributed by atoms with Crippen molar-refractivity contribution in [1.29, 1.82) is 0 Å². The standard InChI is InChI=1S/C19H25N3O4/c1-19(17(24)25)9-12-21(13-19)18(26)20-10-4-7-16(23)22-11-8-14-5-2-3-6-15(14)22/h2-3,5-6H,4,7-13H2,1H3,(H,20,26)(H,24,25). The van der Waals surface area contributed by atoms with Crippen LogP contribution in [0.5, 0.6) is 0 Å². The van der Waals surface area contributed by atoms with E-state index in [0.717, 1.165) is 12.1 Å². The molecule has 3 amide bonds. The van der Waals surface area contributed by atoms with E-state index in [4.69, 9.17) is 0 Å². The van der Waals surface area contributed by atoms with Crippen LogP contribution in [0.15, 0.2) is 24.3 Å². The SMILES string of the molecule is CC1(C(=O)O)CCN(C(=O)NCCCC(=O)N2CCc3ccccc32)C1. The summed E-state index contributed by atoms with van der Waals surface area (Å²) in [6.45, 7) is 3.44. The van der Waals surface area contributed by atoms with Crippen LogP contribution < -0.4 is 10.2 Å². The van der Waals surface area contributed by atoms with E-state index in [1.54, 1.807) is 6.92 Å². The molecule has 1 atom stereocenters. The number of amides is 3. The predicted molar refractivity (Wildman–Crippen MR) is 97.1 cm³/mol. The summed E-state index contributed by atoms with van der Waals surface area (Å²) in [5.41, 5.74) is 1.33. The van der Waals surface area contributed by atoms with Gasteiger partial charge in [0, 0.05) is 38.3 Å². The fourth-order valence-electron chi connectivity index (χ4n) is 3.59. The number of hydrogen-bond donors (Lipinski definition) is 2. The number of carboxylic acids is 1. The van der Waals surface area contributed by atoms with Crippen LogP contribution in [0.2, 0.25) is 0 Å². The van der Waals surface area contributed by atoms with Crippen LogP contribution in [0.1, 0.15) is 31.7 Å². The molecular weight excluding hydrogens is 334 g/mol. The van der Waals surface area contributed by atoms with E-state index in [2.05, 4.69) is 5.32 Å². The lowest BCUT2D eigenvalue weighted by atomic mass is 9.90. The van der Waals surface area contributed by atoms with Crippen LogP contribution in [-0.2, 0) is 16.0 Å². The molecule has 0 saturated carbocycles. The van der Waals surface area contributed by atoms with Crippen LogP contribution in [-0.4, -0.2) is 54.1 Å². The summed E-state index contributed by atoms with van der Waals surface area (Å²) in [6, 6.07) is 7.68. The normalized spacial score (nSPS) is 21.6. The molecule has 7 heteroatoms. The number of carbonyl (C=O) groups excluding carboxylic acids is 2. The first-order valence-electron chi connectivity index (χ1n) is 9.05. The molecule has 2 heterocycles. The van der Waals surface area contributed by atoms with Crippen molar-refractivity contribution in [2.75, 3.05) is 31.1 Å². The molecule has 2 aliphatic heterocycles. The number of nitrogens with one attached hydrogen (secondary N) is 1. The second kappa shape index (κ2) is 7.35. The monoisotopic (exact) mass is 359 g/mol. The number of likely N-dealkylation sites (tertiary alicyclic amines) is 1. The van der Waals surface area contributed by atoms with Gasteiger partial charge in [0.25, 0.3) is 0 Å². The number of rotatable bonds is 5. The molecule has 140 valence electrons. The van der Waals surface area contributed by atoms with Gasteiger partial charge in [0.15, 0.2) is 0 Å². The number of urea groups is 1. The Hall–Kier alpha value is -2.57. The van der Waals surface area contributed by atoms with Gasteiger partial charge in [0.05, 0.1) is 5.41 Å². The highest BCUT2D eigenvalue weighted by Gasteiger charge is 2.42. The number of hydrogen-bond acceptors (Lipinski definition) is 3. The number of benzene rings is 1. The molecular formula is C19H25N3O4. The number of nitrogens with zero attached hydrogens (tertiary/aromatic N) is 2. The summed E-state index contributed by atoms with van der Waals surface area (Å²) in [5, 5.41) is 12.0. The van der Waals surface area contributed by atoms with E-state index in [1.165, 1.54) is 10.5 Å². The smallest absolute Gasteiger partial charge is 0.317 e. The van der Waals surface area contributed by atoms with Gasteiger partial charge in [-0.05, 0) is 37.8 Å². The van der Waals surface area contributed by atoms with E-state index in [-0.39, 0.29) is 18.5 Å². The molecule has 7 nitrogen and oxygen atoms in total. The summed E-state index contributed by atoms with van der Waals surface area (Å²) in [7, 11) is 0. The Bertz CT molecular complexity index is 720. The lowest BCUT2D eigenvalue weighted by molar-refractivity contribution is -0.147. The van der Waals surface area contributed by atoms with Crippen LogP contribution in [0, 0.1) is 5.41 Å². The average Bonchev–Trinajstić information content (AvgIpc) is 3.23. The summed E-state index contributed by atoms with van der Waals surface area (Å²) in [4.78, 5) is 39.1. The summed E-state index contributed by atoms with van der Waals surface area (Å²) in [6.07, 6.45) is 2.29. The molecule has 0 bridgehead atoms. The molecule has 26 heavy (non-hydrogen) atoms. The summed E-state index contributed by atoms with van der Waals surface area (Å²) < 4.78 is 0. The van der Waals surface area contributed by atoms with Gasteiger partial charge in [0.2, 0.25) is 5.91 Å². The van der Waals surface area contributed by atoms with E-state index in [0.29, 0.717) is 38.9 Å². The van der Waals surface area contributed by atoms with Gasteiger partial charge in [-0.2, -0.15) is 0 Å². The molecule has 0 radical (unpaired) electrons. The highest BCUT2D eigenvalue weighted by Crippen LogP contribution is 2.30. The third-order valence-corrected chi connectivity index (χ3v) is 5.31. The number of anilines is 1. The lowest BCUT2D eigenvalue weighted by Crippen LogP contribution is -2.41. The molecule has 2 aliphatic rings. The minimum Gasteiger partial charge on any atom is -0.481 e. The van der Waals surface area contributed by atoms with Crippen molar-refractivity contribution in [2.45, 2.75) is 32.6 Å². The molecule has 1 aromatic carbocycles. The van der Waals surface area contributed by atoms with Crippen LogP contribution >= 0.6 is 0 Å². The zero-order valence-corrected chi connectivity index (χ0v) is 15.0. The Kier molecular flexibility index (Phi) is 5.15. The second-order valence-electron chi connectivity index (χ2n) is 7.30. The van der Waals surface area contributed by atoms with Gasteiger partial charge >= 0.3 is 12.0 Å². The van der Waals surface area contributed by atoms with Crippen molar-refractivity contribution in [2.24, 2.45) is 5.41 Å². The average molecular weight is 359 g/mol. The van der Waals surface area contributed by atoms with Gasteiger partial charge in [-0.3, -0.25) is 9.59 Å². The van der Waals surface area contributed by atoms with Crippen molar-refractivity contribution in [3.63, 3.8) is 0 Å². The Morgan fingerprint density at radius 3 is 2.73 bits per heavy atom. The highest BCUT2D eigenvalue weighted by atomic mass is 16.4. The van der Waals surface area contributed by atoms with Crippen LogP contribution in [0.4, 0.5) is 10.5 Å². The fraction of sp³-hybridized carbons (Fsp3) is 0.526. The Morgan fingerprint density at radius 2 is 2.00 bits per heavy atom. The molecule has 0 aliphatic carbocycles.